The van der Waals surface area contributed by atoms with Crippen LogP contribution in [0.25, 0.3) is 0 Å². The Kier molecular flexibility index (Phi) is 4.68. The molecule has 1 aliphatic heterocycles. The van der Waals surface area contributed by atoms with Crippen molar-refractivity contribution in [2.45, 2.75) is 19.8 Å². The standard InChI is InChI=1S/C14H23N3/c1-2-16-13-3-5-14(6-4-13)17-11-12-7-9-15-10-8-12/h3-6,12,15-17H,2,7-11H2,1H3. The maximum Gasteiger partial charge on any atom is 0.0341 e. The van der Waals surface area contributed by atoms with Gasteiger partial charge in [0.2, 0.25) is 0 Å². The fourth-order valence-corrected chi connectivity index (χ4v) is 2.26. The minimum atomic E-state index is 0.824. The normalized spacial score (nSPS) is 16.8. The van der Waals surface area contributed by atoms with Crippen LogP contribution in [0, 0.1) is 5.92 Å². The largest absolute Gasteiger partial charge is 0.385 e. The van der Waals surface area contributed by atoms with Crippen LogP contribution in [0.4, 0.5) is 11.4 Å². The first kappa shape index (κ1) is 12.2. The highest BCUT2D eigenvalue weighted by Crippen LogP contribution is 2.16. The van der Waals surface area contributed by atoms with Crippen molar-refractivity contribution in [3.8, 4) is 0 Å². The van der Waals surface area contributed by atoms with Crippen LogP contribution >= 0.6 is 0 Å². The summed E-state index contributed by atoms with van der Waals surface area (Å²) in [7, 11) is 0. The Hall–Kier alpha value is -1.22. The summed E-state index contributed by atoms with van der Waals surface area (Å²) < 4.78 is 0. The molecule has 0 atom stereocenters. The average Bonchev–Trinajstić information content (AvgIpc) is 2.40. The van der Waals surface area contributed by atoms with E-state index in [1.807, 2.05) is 0 Å². The molecule has 0 aromatic heterocycles. The summed E-state index contributed by atoms with van der Waals surface area (Å²) >= 11 is 0. The third kappa shape index (κ3) is 3.93. The Bertz CT molecular complexity index is 315. The lowest BCUT2D eigenvalue weighted by atomic mass is 9.98. The van der Waals surface area contributed by atoms with Crippen molar-refractivity contribution in [3.63, 3.8) is 0 Å². The second-order valence-corrected chi connectivity index (χ2v) is 4.68. The van der Waals surface area contributed by atoms with Crippen molar-refractivity contribution in [1.29, 1.82) is 0 Å². The molecule has 1 heterocycles. The van der Waals surface area contributed by atoms with Gasteiger partial charge in [0.25, 0.3) is 0 Å². The molecule has 1 aliphatic rings. The maximum atomic E-state index is 3.53. The molecule has 0 aliphatic carbocycles. The Balaban J connectivity index is 1.77. The first-order valence-corrected chi connectivity index (χ1v) is 6.67. The molecule has 17 heavy (non-hydrogen) atoms. The summed E-state index contributed by atoms with van der Waals surface area (Å²) in [4.78, 5) is 0. The second-order valence-electron chi connectivity index (χ2n) is 4.68. The number of rotatable bonds is 5. The number of piperidine rings is 1. The Morgan fingerprint density at radius 1 is 1.06 bits per heavy atom. The van der Waals surface area contributed by atoms with Gasteiger partial charge in [0.15, 0.2) is 0 Å². The molecule has 1 aromatic carbocycles. The number of hydrogen-bond donors (Lipinski definition) is 3. The van der Waals surface area contributed by atoms with Crippen LogP contribution < -0.4 is 16.0 Å². The zero-order valence-electron chi connectivity index (χ0n) is 10.6. The average molecular weight is 233 g/mol. The highest BCUT2D eigenvalue weighted by Gasteiger charge is 2.12. The smallest absolute Gasteiger partial charge is 0.0341 e. The molecule has 3 N–H and O–H groups in total. The van der Waals surface area contributed by atoms with Crippen LogP contribution in [0.15, 0.2) is 24.3 Å². The fourth-order valence-electron chi connectivity index (χ4n) is 2.26. The van der Waals surface area contributed by atoms with E-state index in [4.69, 9.17) is 0 Å². The summed E-state index contributed by atoms with van der Waals surface area (Å²) in [5.74, 6) is 0.824. The van der Waals surface area contributed by atoms with Crippen molar-refractivity contribution in [2.24, 2.45) is 5.92 Å². The van der Waals surface area contributed by atoms with Crippen LogP contribution in [0.3, 0.4) is 0 Å². The summed E-state index contributed by atoms with van der Waals surface area (Å²) in [6.07, 6.45) is 2.59. The highest BCUT2D eigenvalue weighted by atomic mass is 14.9. The molecule has 3 heteroatoms. The summed E-state index contributed by atoms with van der Waals surface area (Å²) in [6, 6.07) is 8.57. The van der Waals surface area contributed by atoms with E-state index in [0.717, 1.165) is 19.0 Å². The van der Waals surface area contributed by atoms with Gasteiger partial charge in [-0.3, -0.25) is 0 Å². The molecule has 1 fully saturated rings. The molecule has 0 bridgehead atoms. The van der Waals surface area contributed by atoms with Gasteiger partial charge in [0, 0.05) is 24.5 Å². The van der Waals surface area contributed by atoms with Gasteiger partial charge in [-0.1, -0.05) is 0 Å². The van der Waals surface area contributed by atoms with Gasteiger partial charge in [0.1, 0.15) is 0 Å². The number of benzene rings is 1. The highest BCUT2D eigenvalue weighted by molar-refractivity contribution is 5.53. The lowest BCUT2D eigenvalue weighted by Gasteiger charge is -2.23. The van der Waals surface area contributed by atoms with Crippen molar-refractivity contribution in [1.82, 2.24) is 5.32 Å². The molecule has 1 saturated heterocycles. The van der Waals surface area contributed by atoms with E-state index in [9.17, 15) is 0 Å². The van der Waals surface area contributed by atoms with Crippen molar-refractivity contribution in [2.75, 3.05) is 36.8 Å². The van der Waals surface area contributed by atoms with E-state index >= 15 is 0 Å². The quantitative estimate of drug-likeness (QED) is 0.731. The summed E-state index contributed by atoms with van der Waals surface area (Å²) in [5, 5.41) is 10.2. The minimum Gasteiger partial charge on any atom is -0.385 e. The van der Waals surface area contributed by atoms with Crippen molar-refractivity contribution in [3.05, 3.63) is 24.3 Å². The van der Waals surface area contributed by atoms with Gasteiger partial charge in [-0.25, -0.2) is 0 Å². The SMILES string of the molecule is CCNc1ccc(NCC2CCNCC2)cc1. The molecule has 0 amide bonds. The molecule has 0 unspecified atom stereocenters. The zero-order valence-corrected chi connectivity index (χ0v) is 10.6. The molecule has 94 valence electrons. The van der Waals surface area contributed by atoms with Gasteiger partial charge in [-0.2, -0.15) is 0 Å². The maximum absolute atomic E-state index is 3.53. The number of nitrogens with one attached hydrogen (secondary N) is 3. The van der Waals surface area contributed by atoms with Gasteiger partial charge >= 0.3 is 0 Å². The van der Waals surface area contributed by atoms with Crippen LogP contribution in [-0.2, 0) is 0 Å². The lowest BCUT2D eigenvalue weighted by Crippen LogP contribution is -2.31. The third-order valence-corrected chi connectivity index (χ3v) is 3.32. The van der Waals surface area contributed by atoms with E-state index in [-0.39, 0.29) is 0 Å². The molecular formula is C14H23N3. The molecule has 3 nitrogen and oxygen atoms in total. The first-order valence-electron chi connectivity index (χ1n) is 6.67. The van der Waals surface area contributed by atoms with E-state index < -0.39 is 0 Å². The third-order valence-electron chi connectivity index (χ3n) is 3.32. The van der Waals surface area contributed by atoms with Gasteiger partial charge < -0.3 is 16.0 Å². The molecule has 1 aromatic rings. The molecule has 0 radical (unpaired) electrons. The molecule has 0 spiro atoms. The molecule has 2 rings (SSSR count). The topological polar surface area (TPSA) is 36.1 Å². The van der Waals surface area contributed by atoms with Crippen LogP contribution in [0.5, 0.6) is 0 Å². The van der Waals surface area contributed by atoms with Crippen LogP contribution in [0.1, 0.15) is 19.8 Å². The second kappa shape index (κ2) is 6.50. The van der Waals surface area contributed by atoms with Crippen LogP contribution in [0.2, 0.25) is 0 Å². The van der Waals surface area contributed by atoms with Crippen molar-refractivity contribution < 1.29 is 0 Å². The van der Waals surface area contributed by atoms with E-state index in [2.05, 4.69) is 47.1 Å². The predicted octanol–water partition coefficient (Wildman–Crippen LogP) is 2.53. The predicted molar refractivity (Wildman–Crippen MR) is 74.7 cm³/mol. The Morgan fingerprint density at radius 2 is 1.65 bits per heavy atom. The monoisotopic (exact) mass is 233 g/mol. The zero-order chi connectivity index (χ0) is 11.9. The van der Waals surface area contributed by atoms with Crippen LogP contribution in [-0.4, -0.2) is 26.2 Å². The van der Waals surface area contributed by atoms with Gasteiger partial charge in [-0.15, -0.1) is 0 Å². The van der Waals surface area contributed by atoms with Gasteiger partial charge in [-0.05, 0) is 63.0 Å². The minimum absolute atomic E-state index is 0.824. The Morgan fingerprint density at radius 3 is 2.24 bits per heavy atom. The summed E-state index contributed by atoms with van der Waals surface area (Å²) in [5.41, 5.74) is 2.42. The Labute approximate surface area is 104 Å². The molecular weight excluding hydrogens is 210 g/mol. The van der Waals surface area contributed by atoms with E-state index in [0.29, 0.717) is 0 Å². The van der Waals surface area contributed by atoms with E-state index in [1.54, 1.807) is 0 Å². The van der Waals surface area contributed by atoms with Gasteiger partial charge in [0.05, 0.1) is 0 Å². The summed E-state index contributed by atoms with van der Waals surface area (Å²) in [6.45, 7) is 6.53. The first-order chi connectivity index (χ1) is 8.38. The molecule has 0 saturated carbocycles. The lowest BCUT2D eigenvalue weighted by molar-refractivity contribution is 0.390. The fraction of sp³-hybridized carbons (Fsp3) is 0.571. The van der Waals surface area contributed by atoms with E-state index in [1.165, 1.54) is 37.3 Å². The van der Waals surface area contributed by atoms with Crippen molar-refractivity contribution >= 4 is 11.4 Å². The number of hydrogen-bond acceptors (Lipinski definition) is 3. The number of anilines is 2.